The summed E-state index contributed by atoms with van der Waals surface area (Å²) in [6, 6.07) is 0. The Morgan fingerprint density at radius 3 is 1.66 bits per heavy atom. The maximum atomic E-state index is 10.1. The van der Waals surface area contributed by atoms with Gasteiger partial charge in [-0.1, -0.05) is 150 Å². The molecule has 0 saturated carbocycles. The highest BCUT2D eigenvalue weighted by atomic mass is 16.3. The fourth-order valence-corrected chi connectivity index (χ4v) is 4.77. The molecule has 0 saturated heterocycles. The van der Waals surface area contributed by atoms with Gasteiger partial charge in [0.25, 0.3) is 0 Å². The van der Waals surface area contributed by atoms with Crippen LogP contribution in [0.5, 0.6) is 0 Å². The minimum absolute atomic E-state index is 0.0115. The molecular formula is C40H56O. The topological polar surface area (TPSA) is 20.2 Å². The number of aliphatic hydroxyl groups is 1. The average molecular weight is 553 g/mol. The predicted octanol–water partition coefficient (Wildman–Crippen LogP) is 11.7. The van der Waals surface area contributed by atoms with Gasteiger partial charge < -0.3 is 5.11 Å². The minimum atomic E-state index is -0.222. The molecule has 1 rings (SSSR count). The van der Waals surface area contributed by atoms with E-state index in [1.54, 1.807) is 0 Å². The molecule has 1 heteroatoms. The average Bonchev–Trinajstić information content (AvgIpc) is 2.85. The fraction of sp³-hybridized carbons (Fsp3) is 0.400. The molecule has 1 atom stereocenters. The summed E-state index contributed by atoms with van der Waals surface area (Å²) < 4.78 is 0. The van der Waals surface area contributed by atoms with Crippen molar-refractivity contribution in [3.8, 4) is 0 Å². The molecule has 0 bridgehead atoms. The molecule has 0 unspecified atom stereocenters. The molecule has 0 radical (unpaired) electrons. The lowest BCUT2D eigenvalue weighted by Gasteiger charge is -2.35. The summed E-state index contributed by atoms with van der Waals surface area (Å²) in [7, 11) is 0. The van der Waals surface area contributed by atoms with Gasteiger partial charge in [-0.25, -0.2) is 0 Å². The van der Waals surface area contributed by atoms with Crippen LogP contribution in [0.4, 0.5) is 0 Å². The first kappa shape index (κ1) is 35.9. The molecule has 0 aliphatic heterocycles. The molecule has 0 aromatic carbocycles. The van der Waals surface area contributed by atoms with Gasteiger partial charge in [0, 0.05) is 0 Å². The standard InChI is InChI=1S/C40H56O/c1-31(2)17-13-20-34(5)23-15-25-35(6)24-14-21-32(3)18-11-12-19-33(4)22-16-26-36(7)27-28-39-37(8)29-38(41)30-40(39,9)10/h11-12,14-19,21-28,38,41H,13,20,29-30H2,1-10H3/b12-11+,21-14+,22-16+,25-15+,28-27-,32-18+,33-19+,34-23+,35-24+,36-26+/t38-/m0/s1. The Kier molecular flexibility index (Phi) is 16.7. The van der Waals surface area contributed by atoms with Crippen molar-refractivity contribution >= 4 is 0 Å². The third-order valence-electron chi connectivity index (χ3n) is 7.09. The zero-order chi connectivity index (χ0) is 30.8. The predicted molar refractivity (Wildman–Crippen MR) is 185 cm³/mol. The molecule has 0 amide bonds. The van der Waals surface area contributed by atoms with Crippen molar-refractivity contribution in [3.63, 3.8) is 0 Å². The quantitative estimate of drug-likeness (QED) is 0.178. The van der Waals surface area contributed by atoms with E-state index in [1.807, 2.05) is 0 Å². The molecule has 0 aromatic rings. The van der Waals surface area contributed by atoms with Crippen LogP contribution in [-0.4, -0.2) is 11.2 Å². The van der Waals surface area contributed by atoms with Gasteiger partial charge in [0.1, 0.15) is 0 Å². The van der Waals surface area contributed by atoms with Crippen molar-refractivity contribution in [2.45, 2.75) is 101 Å². The highest BCUT2D eigenvalue weighted by Crippen LogP contribution is 2.41. The monoisotopic (exact) mass is 552 g/mol. The molecule has 0 spiro atoms. The van der Waals surface area contributed by atoms with Crippen LogP contribution in [0.1, 0.15) is 94.9 Å². The molecule has 41 heavy (non-hydrogen) atoms. The molecule has 1 N–H and O–H groups in total. The first-order valence-electron chi connectivity index (χ1n) is 15.1. The third kappa shape index (κ3) is 16.6. The van der Waals surface area contributed by atoms with E-state index in [1.165, 1.54) is 44.6 Å². The van der Waals surface area contributed by atoms with E-state index in [4.69, 9.17) is 0 Å². The van der Waals surface area contributed by atoms with Crippen molar-refractivity contribution in [1.82, 2.24) is 0 Å². The normalized spacial score (nSPS) is 20.2. The van der Waals surface area contributed by atoms with Crippen LogP contribution in [-0.2, 0) is 0 Å². The van der Waals surface area contributed by atoms with Gasteiger partial charge in [0.2, 0.25) is 0 Å². The van der Waals surface area contributed by atoms with Gasteiger partial charge in [-0.05, 0) is 92.1 Å². The molecule has 0 heterocycles. The summed E-state index contributed by atoms with van der Waals surface area (Å²) in [5, 5.41) is 10.1. The van der Waals surface area contributed by atoms with E-state index in [2.05, 4.69) is 166 Å². The van der Waals surface area contributed by atoms with Gasteiger partial charge in [0.15, 0.2) is 0 Å². The van der Waals surface area contributed by atoms with E-state index >= 15 is 0 Å². The van der Waals surface area contributed by atoms with E-state index in [0.717, 1.165) is 25.7 Å². The van der Waals surface area contributed by atoms with Gasteiger partial charge in [0.05, 0.1) is 6.10 Å². The van der Waals surface area contributed by atoms with Crippen molar-refractivity contribution < 1.29 is 5.11 Å². The van der Waals surface area contributed by atoms with Crippen LogP contribution in [0.25, 0.3) is 0 Å². The summed E-state index contributed by atoms with van der Waals surface area (Å²) in [6.45, 7) is 21.6. The molecule has 222 valence electrons. The van der Waals surface area contributed by atoms with Crippen molar-refractivity contribution in [3.05, 3.63) is 142 Å². The second-order valence-electron chi connectivity index (χ2n) is 12.4. The molecular weight excluding hydrogens is 496 g/mol. The van der Waals surface area contributed by atoms with Gasteiger partial charge in [-0.3, -0.25) is 0 Å². The van der Waals surface area contributed by atoms with Crippen molar-refractivity contribution in [2.75, 3.05) is 0 Å². The number of rotatable bonds is 13. The van der Waals surface area contributed by atoms with Gasteiger partial charge in [-0.2, -0.15) is 0 Å². The molecule has 0 fully saturated rings. The lowest BCUT2D eigenvalue weighted by atomic mass is 9.71. The Morgan fingerprint density at radius 2 is 1.17 bits per heavy atom. The van der Waals surface area contributed by atoms with Crippen LogP contribution in [0.15, 0.2) is 142 Å². The maximum absolute atomic E-state index is 10.1. The second-order valence-corrected chi connectivity index (χ2v) is 12.4. The lowest BCUT2D eigenvalue weighted by Crippen LogP contribution is -2.28. The summed E-state index contributed by atoms with van der Waals surface area (Å²) >= 11 is 0. The Balaban J connectivity index is 2.60. The lowest BCUT2D eigenvalue weighted by molar-refractivity contribution is 0.116. The summed E-state index contributed by atoms with van der Waals surface area (Å²) in [5.41, 5.74) is 10.3. The number of allylic oxidation sites excluding steroid dienone is 23. The highest BCUT2D eigenvalue weighted by molar-refractivity contribution is 5.38. The molecule has 1 aliphatic rings. The zero-order valence-electron chi connectivity index (χ0n) is 27.6. The van der Waals surface area contributed by atoms with Crippen molar-refractivity contribution in [1.29, 1.82) is 0 Å². The fourth-order valence-electron chi connectivity index (χ4n) is 4.77. The van der Waals surface area contributed by atoms with Crippen LogP contribution >= 0.6 is 0 Å². The highest BCUT2D eigenvalue weighted by Gasteiger charge is 2.31. The Labute approximate surface area is 252 Å². The maximum Gasteiger partial charge on any atom is 0.0585 e. The largest absolute Gasteiger partial charge is 0.393 e. The summed E-state index contributed by atoms with van der Waals surface area (Å²) in [6.07, 6.45) is 38.0. The van der Waals surface area contributed by atoms with Crippen LogP contribution in [0.3, 0.4) is 0 Å². The smallest absolute Gasteiger partial charge is 0.0585 e. The number of hydrogen-bond donors (Lipinski definition) is 1. The summed E-state index contributed by atoms with van der Waals surface area (Å²) in [4.78, 5) is 0. The van der Waals surface area contributed by atoms with Crippen molar-refractivity contribution in [2.24, 2.45) is 5.41 Å². The minimum Gasteiger partial charge on any atom is -0.393 e. The Bertz CT molecular complexity index is 1220. The second kappa shape index (κ2) is 19.1. The first-order valence-corrected chi connectivity index (χ1v) is 15.1. The summed E-state index contributed by atoms with van der Waals surface area (Å²) in [5.74, 6) is 0. The van der Waals surface area contributed by atoms with Crippen LogP contribution < -0.4 is 0 Å². The van der Waals surface area contributed by atoms with E-state index in [-0.39, 0.29) is 11.5 Å². The third-order valence-corrected chi connectivity index (χ3v) is 7.09. The first-order chi connectivity index (χ1) is 19.3. The van der Waals surface area contributed by atoms with E-state index in [0.29, 0.717) is 0 Å². The van der Waals surface area contributed by atoms with Gasteiger partial charge in [-0.15, -0.1) is 0 Å². The molecule has 1 aliphatic carbocycles. The van der Waals surface area contributed by atoms with Gasteiger partial charge >= 0.3 is 0 Å². The Hall–Kier alpha value is -3.16. The van der Waals surface area contributed by atoms with Crippen LogP contribution in [0, 0.1) is 5.41 Å². The van der Waals surface area contributed by atoms with E-state index < -0.39 is 0 Å². The zero-order valence-corrected chi connectivity index (χ0v) is 27.6. The number of aliphatic hydroxyl groups excluding tert-OH is 1. The molecule has 0 aromatic heterocycles. The molecule has 1 nitrogen and oxygen atoms in total. The Morgan fingerprint density at radius 1 is 0.707 bits per heavy atom. The van der Waals surface area contributed by atoms with Crippen LogP contribution in [0.2, 0.25) is 0 Å². The number of hydrogen-bond acceptors (Lipinski definition) is 1. The SMILES string of the molecule is CC(C)=CCC/C(C)=C/C=C/C(C)=C/C=C/C(C)=C/C=C/C=C(C)/C=C/C=C(C)/C=C\C1=C(C)C[C@H](O)CC1(C)C. The van der Waals surface area contributed by atoms with E-state index in [9.17, 15) is 5.11 Å².